The number of nitrogens with zero attached hydrogens (tertiary/aromatic N) is 1. The van der Waals surface area contributed by atoms with Crippen molar-refractivity contribution in [3.05, 3.63) is 39.7 Å². The van der Waals surface area contributed by atoms with Gasteiger partial charge in [0.05, 0.1) is 4.92 Å². The van der Waals surface area contributed by atoms with E-state index in [2.05, 4.69) is 10.6 Å². The van der Waals surface area contributed by atoms with Crippen LogP contribution in [0.1, 0.15) is 26.3 Å². The van der Waals surface area contributed by atoms with Gasteiger partial charge in [0, 0.05) is 19.4 Å². The van der Waals surface area contributed by atoms with Gasteiger partial charge < -0.3 is 15.7 Å². The third-order valence-electron chi connectivity index (χ3n) is 3.57. The monoisotopic (exact) mass is 369 g/mol. The van der Waals surface area contributed by atoms with E-state index in [-0.39, 0.29) is 17.9 Å². The molecule has 0 unspecified atom stereocenters. The average molecular weight is 369 g/mol. The number of nitro benzene ring substituents is 1. The molecule has 0 fully saturated rings. The molecule has 0 radical (unpaired) electrons. The molecular weight excluding hydrogens is 349 g/mol. The number of nitrogens with one attached hydrogen (secondary N) is 2. The number of benzene rings is 1. The summed E-state index contributed by atoms with van der Waals surface area (Å²) in [6, 6.07) is 0.658. The Labute approximate surface area is 148 Å². The van der Waals surface area contributed by atoms with Gasteiger partial charge in [-0.15, -0.1) is 0 Å². The molecule has 1 aromatic rings. The Morgan fingerprint density at radius 3 is 2.35 bits per heavy atom. The molecule has 9 nitrogen and oxygen atoms in total. The van der Waals surface area contributed by atoms with Gasteiger partial charge in [-0.05, 0) is 17.5 Å². The highest BCUT2D eigenvalue weighted by atomic mass is 19.1. The van der Waals surface area contributed by atoms with Gasteiger partial charge in [-0.2, -0.15) is 4.39 Å². The molecule has 2 amide bonds. The van der Waals surface area contributed by atoms with Crippen molar-refractivity contribution in [1.82, 2.24) is 10.6 Å². The molecule has 0 saturated carbocycles. The molecule has 0 aliphatic carbocycles. The fourth-order valence-corrected chi connectivity index (χ4v) is 2.28. The molecule has 0 heterocycles. The highest BCUT2D eigenvalue weighted by Crippen LogP contribution is 2.19. The standard InChI is InChI=1S/C16H20FN3O6/c1-8(2)14(18-9(3)21)15(22)19-12(16(23)24)6-10-4-5-11(17)13(7-10)20(25)26/h4-5,7-8,12,14H,6H2,1-3H3,(H,18,21)(H,19,22)(H,23,24)/t12-,14-/m1/s1. The molecule has 26 heavy (non-hydrogen) atoms. The van der Waals surface area contributed by atoms with Crippen LogP contribution in [0.25, 0.3) is 0 Å². The van der Waals surface area contributed by atoms with Crippen molar-refractivity contribution in [2.45, 2.75) is 39.3 Å². The van der Waals surface area contributed by atoms with E-state index < -0.39 is 46.3 Å². The molecule has 2 atom stereocenters. The van der Waals surface area contributed by atoms with Gasteiger partial charge in [0.2, 0.25) is 17.6 Å². The maximum Gasteiger partial charge on any atom is 0.326 e. The fraction of sp³-hybridized carbons (Fsp3) is 0.438. The Hall–Kier alpha value is -3.04. The number of carboxylic acid groups (broad SMARTS) is 1. The molecule has 0 aliphatic rings. The molecule has 1 rings (SSSR count). The summed E-state index contributed by atoms with van der Waals surface area (Å²) in [6.45, 7) is 4.59. The number of halogens is 1. The third-order valence-corrected chi connectivity index (χ3v) is 3.57. The second-order valence-electron chi connectivity index (χ2n) is 6.07. The number of carbonyl (C=O) groups excluding carboxylic acids is 2. The highest BCUT2D eigenvalue weighted by Gasteiger charge is 2.28. The first kappa shape index (κ1) is 21.0. The van der Waals surface area contributed by atoms with Gasteiger partial charge in [-0.25, -0.2) is 4.79 Å². The minimum Gasteiger partial charge on any atom is -0.480 e. The van der Waals surface area contributed by atoms with E-state index in [1.165, 1.54) is 13.0 Å². The van der Waals surface area contributed by atoms with Crippen LogP contribution in [0, 0.1) is 21.8 Å². The van der Waals surface area contributed by atoms with Crippen LogP contribution in [-0.2, 0) is 20.8 Å². The summed E-state index contributed by atoms with van der Waals surface area (Å²) in [5, 5.41) is 24.8. The van der Waals surface area contributed by atoms with E-state index in [1.807, 2.05) is 0 Å². The minimum atomic E-state index is -1.40. The van der Waals surface area contributed by atoms with Crippen LogP contribution in [0.3, 0.4) is 0 Å². The van der Waals surface area contributed by atoms with Crippen LogP contribution in [0.5, 0.6) is 0 Å². The number of carbonyl (C=O) groups is 3. The van der Waals surface area contributed by atoms with Crippen molar-refractivity contribution in [3.63, 3.8) is 0 Å². The normalized spacial score (nSPS) is 13.0. The van der Waals surface area contributed by atoms with Gasteiger partial charge in [0.15, 0.2) is 0 Å². The predicted octanol–water partition coefficient (Wildman–Crippen LogP) is 1.01. The van der Waals surface area contributed by atoms with Crippen LogP contribution in [0.4, 0.5) is 10.1 Å². The maximum atomic E-state index is 13.4. The molecule has 0 aliphatic heterocycles. The van der Waals surface area contributed by atoms with Crippen LogP contribution in [0.15, 0.2) is 18.2 Å². The molecule has 3 N–H and O–H groups in total. The number of carboxylic acids is 1. The summed E-state index contributed by atoms with van der Waals surface area (Å²) >= 11 is 0. The first-order valence-electron chi connectivity index (χ1n) is 7.76. The van der Waals surface area contributed by atoms with Gasteiger partial charge >= 0.3 is 11.7 Å². The Morgan fingerprint density at radius 2 is 1.88 bits per heavy atom. The average Bonchev–Trinajstić information content (AvgIpc) is 2.52. The van der Waals surface area contributed by atoms with E-state index >= 15 is 0 Å². The van der Waals surface area contributed by atoms with Crippen molar-refractivity contribution in [1.29, 1.82) is 0 Å². The highest BCUT2D eigenvalue weighted by molar-refractivity contribution is 5.90. The zero-order valence-corrected chi connectivity index (χ0v) is 14.5. The number of amides is 2. The molecule has 10 heteroatoms. The lowest BCUT2D eigenvalue weighted by Gasteiger charge is -2.23. The first-order valence-corrected chi connectivity index (χ1v) is 7.76. The van der Waals surface area contributed by atoms with Crippen LogP contribution < -0.4 is 10.6 Å². The number of aliphatic carboxylic acids is 1. The van der Waals surface area contributed by atoms with Crippen LogP contribution in [-0.4, -0.2) is 39.9 Å². The number of rotatable bonds is 8. The fourth-order valence-electron chi connectivity index (χ4n) is 2.28. The summed E-state index contributed by atoms with van der Waals surface area (Å²) in [4.78, 5) is 44.8. The van der Waals surface area contributed by atoms with Crippen molar-refractivity contribution in [2.24, 2.45) is 5.92 Å². The number of hydrogen-bond donors (Lipinski definition) is 3. The molecular formula is C16H20FN3O6. The van der Waals surface area contributed by atoms with E-state index in [1.54, 1.807) is 13.8 Å². The minimum absolute atomic E-state index is 0.173. The van der Waals surface area contributed by atoms with Crippen LogP contribution >= 0.6 is 0 Å². The summed E-state index contributed by atoms with van der Waals surface area (Å²) in [6.07, 6.45) is -0.285. The molecule has 0 bridgehead atoms. The van der Waals surface area contributed by atoms with Gasteiger partial charge in [0.25, 0.3) is 0 Å². The van der Waals surface area contributed by atoms with Crippen LogP contribution in [0.2, 0.25) is 0 Å². The first-order chi connectivity index (χ1) is 12.0. The SMILES string of the molecule is CC(=O)N[C@@H](C(=O)N[C@H](Cc1ccc(F)c([N+](=O)[O-])c1)C(=O)O)C(C)C. The Morgan fingerprint density at radius 1 is 1.27 bits per heavy atom. The smallest absolute Gasteiger partial charge is 0.326 e. The van der Waals surface area contributed by atoms with E-state index in [4.69, 9.17) is 0 Å². The Kier molecular flexibility index (Phi) is 7.17. The van der Waals surface area contributed by atoms with Gasteiger partial charge in [0.1, 0.15) is 12.1 Å². The lowest BCUT2D eigenvalue weighted by Crippen LogP contribution is -2.53. The van der Waals surface area contributed by atoms with Gasteiger partial charge in [-0.3, -0.25) is 19.7 Å². The summed E-state index contributed by atoms with van der Waals surface area (Å²) in [5.74, 6) is -3.84. The second-order valence-corrected chi connectivity index (χ2v) is 6.07. The maximum absolute atomic E-state index is 13.4. The third kappa shape index (κ3) is 5.80. The molecule has 0 aromatic heterocycles. The zero-order chi connectivity index (χ0) is 20.0. The van der Waals surface area contributed by atoms with Gasteiger partial charge in [-0.1, -0.05) is 19.9 Å². The lowest BCUT2D eigenvalue weighted by atomic mass is 10.0. The Balaban J connectivity index is 2.98. The van der Waals surface area contributed by atoms with E-state index in [9.17, 15) is 34.0 Å². The topological polar surface area (TPSA) is 139 Å². The molecule has 0 spiro atoms. The van der Waals surface area contributed by atoms with E-state index in [0.717, 1.165) is 12.1 Å². The summed E-state index contributed by atoms with van der Waals surface area (Å²) in [7, 11) is 0. The summed E-state index contributed by atoms with van der Waals surface area (Å²) in [5.41, 5.74) is -0.609. The predicted molar refractivity (Wildman–Crippen MR) is 88.8 cm³/mol. The van der Waals surface area contributed by atoms with Crippen molar-refractivity contribution in [3.8, 4) is 0 Å². The lowest BCUT2D eigenvalue weighted by molar-refractivity contribution is -0.387. The molecule has 0 saturated heterocycles. The zero-order valence-electron chi connectivity index (χ0n) is 14.5. The van der Waals surface area contributed by atoms with Crippen molar-refractivity contribution in [2.75, 3.05) is 0 Å². The van der Waals surface area contributed by atoms with Crippen molar-refractivity contribution < 1.29 is 28.8 Å². The molecule has 1 aromatic carbocycles. The number of hydrogen-bond acceptors (Lipinski definition) is 5. The Bertz CT molecular complexity index is 722. The largest absolute Gasteiger partial charge is 0.480 e. The van der Waals surface area contributed by atoms with Crippen molar-refractivity contribution >= 4 is 23.5 Å². The summed E-state index contributed by atoms with van der Waals surface area (Å²) < 4.78 is 13.4. The quantitative estimate of drug-likeness (QED) is 0.462. The van der Waals surface area contributed by atoms with E-state index in [0.29, 0.717) is 0 Å². The second kappa shape index (κ2) is 8.88. The number of nitro groups is 1. The molecule has 142 valence electrons.